The van der Waals surface area contributed by atoms with E-state index in [0.29, 0.717) is 22.5 Å². The number of benzene rings is 4. The molecule has 4 aromatic carbocycles. The molecule has 0 bridgehead atoms. The summed E-state index contributed by atoms with van der Waals surface area (Å²) < 4.78 is 23.3. The van der Waals surface area contributed by atoms with Crippen molar-refractivity contribution in [3.05, 3.63) is 149 Å². The first-order valence-corrected chi connectivity index (χ1v) is 14.8. The van der Waals surface area contributed by atoms with Crippen LogP contribution in [0.1, 0.15) is 43.8 Å². The summed E-state index contributed by atoms with van der Waals surface area (Å²) in [6.45, 7) is 3.75. The minimum atomic E-state index is -0.731. The summed E-state index contributed by atoms with van der Waals surface area (Å²) in [4.78, 5) is 38.2. The molecule has 7 nitrogen and oxygen atoms in total. The molecule has 0 amide bonds. The molecule has 1 saturated heterocycles. The molecule has 0 N–H and O–H groups in total. The highest BCUT2D eigenvalue weighted by Gasteiger charge is 2.39. The minimum Gasteiger partial charge on any atom is -0.459 e. The zero-order valence-corrected chi connectivity index (χ0v) is 25.0. The third-order valence-corrected chi connectivity index (χ3v) is 7.82. The van der Waals surface area contributed by atoms with Gasteiger partial charge in [0.05, 0.1) is 17.2 Å². The minimum absolute atomic E-state index is 0.123. The number of cyclic esters (lactones) is 1. The summed E-state index contributed by atoms with van der Waals surface area (Å²) in [6, 6.07) is 32.0. The van der Waals surface area contributed by atoms with E-state index in [1.54, 1.807) is 30.3 Å². The summed E-state index contributed by atoms with van der Waals surface area (Å²) in [6.07, 6.45) is 1.44. The Morgan fingerprint density at radius 3 is 1.98 bits per heavy atom. The lowest BCUT2D eigenvalue weighted by atomic mass is 9.99. The molecule has 3 atom stereocenters. The fraction of sp³-hybridized carbons (Fsp3) is 0.184. The van der Waals surface area contributed by atoms with Gasteiger partial charge in [0.1, 0.15) is 24.6 Å². The Morgan fingerprint density at radius 2 is 1.33 bits per heavy atom. The third-order valence-electron chi connectivity index (χ3n) is 7.82. The van der Waals surface area contributed by atoms with E-state index < -0.39 is 36.2 Å². The zero-order chi connectivity index (χ0) is 31.3. The smallest absolute Gasteiger partial charge is 0.338 e. The van der Waals surface area contributed by atoms with Crippen LogP contribution in [-0.2, 0) is 23.7 Å². The van der Waals surface area contributed by atoms with Crippen molar-refractivity contribution in [3.63, 3.8) is 0 Å². The molecule has 4 aromatic rings. The van der Waals surface area contributed by atoms with Crippen LogP contribution in [-0.4, -0.2) is 42.8 Å². The second-order valence-electron chi connectivity index (χ2n) is 11.2. The summed E-state index contributed by atoms with van der Waals surface area (Å²) in [5.41, 5.74) is 6.46. The number of ether oxygens (including phenoxy) is 4. The molecule has 2 aliphatic rings. The molecular formula is C38H32O7. The van der Waals surface area contributed by atoms with Crippen LogP contribution in [0.3, 0.4) is 0 Å². The van der Waals surface area contributed by atoms with Crippen LogP contribution in [0, 0.1) is 13.8 Å². The van der Waals surface area contributed by atoms with Crippen LogP contribution < -0.4 is 0 Å². The maximum atomic E-state index is 13.0. The highest BCUT2D eigenvalue weighted by molar-refractivity contribution is 6.02. The van der Waals surface area contributed by atoms with Gasteiger partial charge in [0.15, 0.2) is 0 Å². The molecule has 2 aliphatic heterocycles. The average Bonchev–Trinajstić information content (AvgIpc) is 3.62. The first kappa shape index (κ1) is 29.8. The number of esters is 3. The molecule has 0 saturated carbocycles. The Balaban J connectivity index is 1.20. The summed E-state index contributed by atoms with van der Waals surface area (Å²) in [5.74, 6) is -1.12. The number of hydrogen-bond donors (Lipinski definition) is 0. The van der Waals surface area contributed by atoms with E-state index in [9.17, 15) is 14.4 Å². The number of hydrogen-bond acceptors (Lipinski definition) is 7. The summed E-state index contributed by atoms with van der Waals surface area (Å²) in [7, 11) is 0. The Morgan fingerprint density at radius 1 is 0.756 bits per heavy atom. The SMILES string of the molecule is Cc1ccc(C(=O)OC[C@H]2O[C@@H](/C=C3\OC(=O)C=C3c3ccc(-c4ccccc4)cc3)C[C@@H]2OC(=O)c2ccc(C)cc2)cc1. The predicted molar refractivity (Wildman–Crippen MR) is 169 cm³/mol. The van der Waals surface area contributed by atoms with Gasteiger partial charge in [-0.2, -0.15) is 0 Å². The number of rotatable bonds is 8. The van der Waals surface area contributed by atoms with Gasteiger partial charge in [0, 0.05) is 18.1 Å². The maximum Gasteiger partial charge on any atom is 0.338 e. The van der Waals surface area contributed by atoms with Gasteiger partial charge >= 0.3 is 17.9 Å². The molecule has 1 fully saturated rings. The van der Waals surface area contributed by atoms with E-state index in [2.05, 4.69) is 0 Å². The lowest BCUT2D eigenvalue weighted by Crippen LogP contribution is -2.32. The standard InChI is InChI=1S/C38H32O7/c1-24-8-12-29(13-9-24)37(40)42-23-35-34(45-38(41)30-14-10-25(2)11-15-30)21-31(43-35)20-33-32(22-36(39)44-33)28-18-16-27(17-19-28)26-6-4-3-5-7-26/h3-20,22,31,34-35H,21,23H2,1-2H3/b33-20-/t31-,34-,35+/m0/s1. The number of allylic oxidation sites excluding steroid dienone is 1. The molecule has 45 heavy (non-hydrogen) atoms. The van der Waals surface area contributed by atoms with Crippen LogP contribution in [0.4, 0.5) is 0 Å². The summed E-state index contributed by atoms with van der Waals surface area (Å²) in [5, 5.41) is 0. The van der Waals surface area contributed by atoms with Crippen LogP contribution in [0.25, 0.3) is 16.7 Å². The zero-order valence-electron chi connectivity index (χ0n) is 25.0. The largest absolute Gasteiger partial charge is 0.459 e. The molecule has 0 aromatic heterocycles. The van der Waals surface area contributed by atoms with Crippen molar-refractivity contribution >= 4 is 23.5 Å². The molecule has 0 spiro atoms. The molecule has 2 heterocycles. The molecular weight excluding hydrogens is 568 g/mol. The average molecular weight is 601 g/mol. The van der Waals surface area contributed by atoms with Crippen molar-refractivity contribution in [1.82, 2.24) is 0 Å². The van der Waals surface area contributed by atoms with Gasteiger partial charge in [-0.1, -0.05) is 90.0 Å². The number of carbonyl (C=O) groups is 3. The van der Waals surface area contributed by atoms with Crippen molar-refractivity contribution in [2.75, 3.05) is 6.61 Å². The van der Waals surface area contributed by atoms with Gasteiger partial charge in [-0.05, 0) is 60.9 Å². The molecule has 226 valence electrons. The van der Waals surface area contributed by atoms with E-state index in [-0.39, 0.29) is 13.0 Å². The monoisotopic (exact) mass is 600 g/mol. The maximum absolute atomic E-state index is 13.0. The predicted octanol–water partition coefficient (Wildman–Crippen LogP) is 7.03. The summed E-state index contributed by atoms with van der Waals surface area (Å²) >= 11 is 0. The van der Waals surface area contributed by atoms with E-state index in [1.165, 1.54) is 6.08 Å². The number of aryl methyl sites for hydroxylation is 2. The fourth-order valence-corrected chi connectivity index (χ4v) is 5.33. The van der Waals surface area contributed by atoms with Crippen molar-refractivity contribution in [1.29, 1.82) is 0 Å². The van der Waals surface area contributed by atoms with Crippen LogP contribution >= 0.6 is 0 Å². The van der Waals surface area contributed by atoms with Gasteiger partial charge in [0.2, 0.25) is 0 Å². The lowest BCUT2D eigenvalue weighted by Gasteiger charge is -2.19. The molecule has 0 radical (unpaired) electrons. The topological polar surface area (TPSA) is 88.1 Å². The quantitative estimate of drug-likeness (QED) is 0.158. The van der Waals surface area contributed by atoms with Gasteiger partial charge in [-0.3, -0.25) is 0 Å². The molecule has 0 unspecified atom stereocenters. The van der Waals surface area contributed by atoms with E-state index in [1.807, 2.05) is 92.7 Å². The van der Waals surface area contributed by atoms with E-state index in [4.69, 9.17) is 18.9 Å². The van der Waals surface area contributed by atoms with Crippen molar-refractivity contribution in [3.8, 4) is 11.1 Å². The Kier molecular flexibility index (Phi) is 8.71. The second kappa shape index (κ2) is 13.2. The highest BCUT2D eigenvalue weighted by Crippen LogP contribution is 2.34. The van der Waals surface area contributed by atoms with E-state index in [0.717, 1.165) is 27.8 Å². The van der Waals surface area contributed by atoms with Gasteiger partial charge in [-0.15, -0.1) is 0 Å². The fourth-order valence-electron chi connectivity index (χ4n) is 5.33. The molecule has 0 aliphatic carbocycles. The Hall–Kier alpha value is -5.27. The molecule has 7 heteroatoms. The first-order valence-electron chi connectivity index (χ1n) is 14.8. The Labute approximate surface area is 261 Å². The number of carbonyl (C=O) groups excluding carboxylic acids is 3. The van der Waals surface area contributed by atoms with Crippen LogP contribution in [0.15, 0.2) is 121 Å². The Bertz CT molecular complexity index is 1750. The second-order valence-corrected chi connectivity index (χ2v) is 11.2. The van der Waals surface area contributed by atoms with Gasteiger partial charge in [0.25, 0.3) is 0 Å². The van der Waals surface area contributed by atoms with Gasteiger partial charge < -0.3 is 18.9 Å². The third kappa shape index (κ3) is 7.11. The van der Waals surface area contributed by atoms with Crippen molar-refractivity contribution in [2.45, 2.75) is 38.6 Å². The molecule has 6 rings (SSSR count). The van der Waals surface area contributed by atoms with Crippen LogP contribution in [0.5, 0.6) is 0 Å². The van der Waals surface area contributed by atoms with Crippen molar-refractivity contribution < 1.29 is 33.3 Å². The normalized spacial score (nSPS) is 20.0. The highest BCUT2D eigenvalue weighted by atomic mass is 16.6. The van der Waals surface area contributed by atoms with Gasteiger partial charge in [-0.25, -0.2) is 14.4 Å². The van der Waals surface area contributed by atoms with Crippen molar-refractivity contribution in [2.24, 2.45) is 0 Å². The lowest BCUT2D eigenvalue weighted by molar-refractivity contribution is -0.132. The first-order chi connectivity index (χ1) is 21.8. The van der Waals surface area contributed by atoms with Crippen LogP contribution in [0.2, 0.25) is 0 Å². The van der Waals surface area contributed by atoms with E-state index >= 15 is 0 Å².